The number of Topliss-reactive ketones (excluding diaryl/α,β-unsaturated/α-hetero) is 1. The number of allylic oxidation sites excluding steroid dienone is 1. The highest BCUT2D eigenvalue weighted by atomic mass is 79.9. The molecule has 5 heteroatoms. The average Bonchev–Trinajstić information content (AvgIpc) is 2.61. The number of halogens is 2. The van der Waals surface area contributed by atoms with Gasteiger partial charge in [-0.25, -0.2) is 9.18 Å². The van der Waals surface area contributed by atoms with Crippen LogP contribution in [0.5, 0.6) is 0 Å². The Bertz CT molecular complexity index is 888. The number of fused-ring (bicyclic) bond motifs is 1. The van der Waals surface area contributed by atoms with Gasteiger partial charge in [0.25, 0.3) is 0 Å². The smallest absolute Gasteiger partial charge is 0.341 e. The highest BCUT2D eigenvalue weighted by Crippen LogP contribution is 2.40. The molecule has 1 unspecified atom stereocenters. The van der Waals surface area contributed by atoms with Crippen molar-refractivity contribution >= 4 is 27.7 Å². The minimum absolute atomic E-state index is 0.0516. The molecule has 3 nitrogen and oxygen atoms in total. The third-order valence-electron chi connectivity index (χ3n) is 4.29. The molecule has 1 aliphatic carbocycles. The third-order valence-corrected chi connectivity index (χ3v) is 5.27. The van der Waals surface area contributed by atoms with E-state index in [4.69, 9.17) is 4.74 Å². The molecule has 1 aliphatic rings. The molecule has 3 rings (SSSR count). The van der Waals surface area contributed by atoms with Gasteiger partial charge < -0.3 is 4.74 Å². The molecular weight excluding hydrogens is 387 g/mol. The summed E-state index contributed by atoms with van der Waals surface area (Å²) in [6.45, 7) is 3.60. The summed E-state index contributed by atoms with van der Waals surface area (Å²) in [5.41, 5.74) is 2.43. The Morgan fingerprint density at radius 2 is 1.96 bits per heavy atom. The number of benzene rings is 2. The van der Waals surface area contributed by atoms with Crippen molar-refractivity contribution in [1.29, 1.82) is 0 Å². The summed E-state index contributed by atoms with van der Waals surface area (Å²) in [4.78, 5) is 25.0. The summed E-state index contributed by atoms with van der Waals surface area (Å²) in [5.74, 6) is -2.04. The van der Waals surface area contributed by atoms with Gasteiger partial charge in [0.05, 0.1) is 11.1 Å². The number of rotatable bonds is 3. The van der Waals surface area contributed by atoms with E-state index in [1.165, 1.54) is 6.07 Å². The van der Waals surface area contributed by atoms with Crippen molar-refractivity contribution in [2.24, 2.45) is 0 Å². The zero-order valence-corrected chi connectivity index (χ0v) is 15.4. The first-order valence-corrected chi connectivity index (χ1v) is 8.72. The molecule has 0 fully saturated rings. The zero-order chi connectivity index (χ0) is 18.1. The van der Waals surface area contributed by atoms with E-state index in [0.29, 0.717) is 15.6 Å². The van der Waals surface area contributed by atoms with E-state index in [0.717, 1.165) is 5.56 Å². The van der Waals surface area contributed by atoms with Gasteiger partial charge in [0.15, 0.2) is 5.78 Å². The summed E-state index contributed by atoms with van der Waals surface area (Å²) in [6, 6.07) is 10.7. The van der Waals surface area contributed by atoms with Crippen LogP contribution in [0.2, 0.25) is 0 Å². The van der Waals surface area contributed by atoms with Gasteiger partial charge in [0.1, 0.15) is 11.4 Å². The van der Waals surface area contributed by atoms with E-state index < -0.39 is 17.6 Å². The fourth-order valence-electron chi connectivity index (χ4n) is 3.12. The van der Waals surface area contributed by atoms with Gasteiger partial charge in [0.2, 0.25) is 0 Å². The van der Waals surface area contributed by atoms with Gasteiger partial charge in [-0.15, -0.1) is 0 Å². The Balaban J connectivity index is 2.26. The summed E-state index contributed by atoms with van der Waals surface area (Å²) >= 11 is 3.25. The van der Waals surface area contributed by atoms with Crippen molar-refractivity contribution in [3.05, 3.63) is 80.6 Å². The second kappa shape index (κ2) is 6.92. The van der Waals surface area contributed by atoms with Crippen molar-refractivity contribution in [2.75, 3.05) is 6.61 Å². The predicted molar refractivity (Wildman–Crippen MR) is 96.2 cm³/mol. The monoisotopic (exact) mass is 402 g/mol. The fourth-order valence-corrected chi connectivity index (χ4v) is 3.45. The molecule has 0 radical (unpaired) electrons. The summed E-state index contributed by atoms with van der Waals surface area (Å²) < 4.78 is 19.5. The van der Waals surface area contributed by atoms with Crippen molar-refractivity contribution in [3.8, 4) is 0 Å². The lowest BCUT2D eigenvalue weighted by Gasteiger charge is -2.26. The molecule has 128 valence electrons. The van der Waals surface area contributed by atoms with Crippen LogP contribution in [0.1, 0.15) is 39.9 Å². The minimum Gasteiger partial charge on any atom is -0.462 e. The molecule has 2 aromatic rings. The van der Waals surface area contributed by atoms with Gasteiger partial charge >= 0.3 is 5.97 Å². The van der Waals surface area contributed by atoms with Crippen molar-refractivity contribution in [1.82, 2.24) is 0 Å². The number of esters is 1. The Morgan fingerprint density at radius 1 is 1.28 bits per heavy atom. The molecule has 0 amide bonds. The second-order valence-corrected chi connectivity index (χ2v) is 6.57. The molecule has 0 aromatic heterocycles. The average molecular weight is 403 g/mol. The molecule has 0 N–H and O–H groups in total. The maximum atomic E-state index is 14.2. The van der Waals surface area contributed by atoms with Crippen LogP contribution >= 0.6 is 15.9 Å². The van der Waals surface area contributed by atoms with Gasteiger partial charge in [0, 0.05) is 11.5 Å². The summed E-state index contributed by atoms with van der Waals surface area (Å²) in [7, 11) is 0. The SMILES string of the molecule is CCOC(=O)C1=CC(c2ccccc2)c2c(cc(F)c(Br)c2C)C1=O. The molecule has 0 saturated carbocycles. The Hall–Kier alpha value is -2.27. The first-order valence-electron chi connectivity index (χ1n) is 7.92. The Labute approximate surface area is 153 Å². The number of hydrogen-bond donors (Lipinski definition) is 0. The van der Waals surface area contributed by atoms with Crippen LogP contribution in [0.4, 0.5) is 4.39 Å². The topological polar surface area (TPSA) is 43.4 Å². The van der Waals surface area contributed by atoms with Gasteiger partial charge in [-0.1, -0.05) is 36.4 Å². The Kier molecular flexibility index (Phi) is 4.86. The van der Waals surface area contributed by atoms with E-state index in [2.05, 4.69) is 15.9 Å². The van der Waals surface area contributed by atoms with E-state index in [1.807, 2.05) is 30.3 Å². The molecule has 2 aromatic carbocycles. The van der Waals surface area contributed by atoms with Crippen LogP contribution < -0.4 is 0 Å². The van der Waals surface area contributed by atoms with E-state index in [-0.39, 0.29) is 23.7 Å². The molecule has 0 aliphatic heterocycles. The standard InChI is InChI=1S/C20H16BrFO3/c1-3-25-20(24)15-9-13(12-7-5-4-6-8-12)17-11(2)18(21)16(22)10-14(17)19(15)23/h4-10,13H,3H2,1-2H3. The maximum absolute atomic E-state index is 14.2. The van der Waals surface area contributed by atoms with Crippen LogP contribution in [-0.2, 0) is 9.53 Å². The van der Waals surface area contributed by atoms with Crippen molar-refractivity contribution < 1.29 is 18.7 Å². The lowest BCUT2D eigenvalue weighted by Crippen LogP contribution is -2.24. The lowest BCUT2D eigenvalue weighted by molar-refractivity contribution is -0.138. The highest BCUT2D eigenvalue weighted by Gasteiger charge is 2.34. The number of carbonyl (C=O) groups is 2. The molecule has 1 atom stereocenters. The van der Waals surface area contributed by atoms with E-state index in [1.54, 1.807) is 19.9 Å². The lowest BCUT2D eigenvalue weighted by atomic mass is 9.77. The van der Waals surface area contributed by atoms with Crippen LogP contribution in [0, 0.1) is 12.7 Å². The minimum atomic E-state index is -0.680. The fraction of sp³-hybridized carbons (Fsp3) is 0.200. The second-order valence-electron chi connectivity index (χ2n) is 5.78. The van der Waals surface area contributed by atoms with E-state index >= 15 is 0 Å². The predicted octanol–water partition coefficient (Wildman–Crippen LogP) is 4.71. The molecular formula is C20H16BrFO3. The largest absolute Gasteiger partial charge is 0.462 e. The first kappa shape index (κ1) is 17.5. The molecule has 25 heavy (non-hydrogen) atoms. The Morgan fingerprint density at radius 3 is 2.60 bits per heavy atom. The maximum Gasteiger partial charge on any atom is 0.341 e. The third kappa shape index (κ3) is 3.04. The van der Waals surface area contributed by atoms with Crippen LogP contribution in [0.3, 0.4) is 0 Å². The van der Waals surface area contributed by atoms with Crippen molar-refractivity contribution in [3.63, 3.8) is 0 Å². The number of ether oxygens (including phenoxy) is 1. The van der Waals surface area contributed by atoms with Crippen LogP contribution in [-0.4, -0.2) is 18.4 Å². The van der Waals surface area contributed by atoms with Crippen LogP contribution in [0.25, 0.3) is 0 Å². The molecule has 0 heterocycles. The highest BCUT2D eigenvalue weighted by molar-refractivity contribution is 9.10. The molecule has 0 spiro atoms. The van der Waals surface area contributed by atoms with Crippen molar-refractivity contribution in [2.45, 2.75) is 19.8 Å². The number of ketones is 1. The van der Waals surface area contributed by atoms with Gasteiger partial charge in [-0.2, -0.15) is 0 Å². The summed E-state index contributed by atoms with van der Waals surface area (Å²) in [6.07, 6.45) is 1.62. The van der Waals surface area contributed by atoms with Gasteiger partial charge in [-0.05, 0) is 52.5 Å². The van der Waals surface area contributed by atoms with Gasteiger partial charge in [-0.3, -0.25) is 4.79 Å². The van der Waals surface area contributed by atoms with E-state index in [9.17, 15) is 14.0 Å². The first-order chi connectivity index (χ1) is 12.0. The quantitative estimate of drug-likeness (QED) is 0.551. The van der Waals surface area contributed by atoms with Crippen LogP contribution in [0.15, 0.2) is 52.5 Å². The molecule has 0 bridgehead atoms. The number of carbonyl (C=O) groups excluding carboxylic acids is 2. The normalized spacial score (nSPS) is 16.2. The summed E-state index contributed by atoms with van der Waals surface area (Å²) in [5, 5.41) is 0. The molecule has 0 saturated heterocycles. The number of hydrogen-bond acceptors (Lipinski definition) is 3. The zero-order valence-electron chi connectivity index (χ0n) is 13.8.